The van der Waals surface area contributed by atoms with Gasteiger partial charge in [-0.05, 0) is 59.7 Å². The predicted octanol–water partition coefficient (Wildman–Crippen LogP) is 7.57. The van der Waals surface area contributed by atoms with Crippen molar-refractivity contribution in [2.45, 2.75) is 13.2 Å². The van der Waals surface area contributed by atoms with Crippen LogP contribution in [0.25, 0.3) is 0 Å². The van der Waals surface area contributed by atoms with Crippen LogP contribution in [0, 0.1) is 0 Å². The lowest BCUT2D eigenvalue weighted by molar-refractivity contribution is 0.0950. The molecule has 0 radical (unpaired) electrons. The number of carbonyl (C=O) groups is 1. The van der Waals surface area contributed by atoms with Crippen molar-refractivity contribution in [2.24, 2.45) is 5.10 Å². The molecule has 5 nitrogen and oxygen atoms in total. The van der Waals surface area contributed by atoms with E-state index >= 15 is 0 Å². The lowest BCUT2D eigenvalue weighted by atomic mass is 10.2. The van der Waals surface area contributed by atoms with Crippen molar-refractivity contribution >= 4 is 46.9 Å². The topological polar surface area (TPSA) is 59.9 Å². The highest BCUT2D eigenvalue weighted by atomic mass is 35.5. The van der Waals surface area contributed by atoms with Crippen molar-refractivity contribution in [1.29, 1.82) is 0 Å². The molecule has 4 rings (SSSR count). The molecule has 0 unspecified atom stereocenters. The first-order valence-electron chi connectivity index (χ1n) is 10.9. The predicted molar refractivity (Wildman–Crippen MR) is 145 cm³/mol. The van der Waals surface area contributed by atoms with E-state index in [1.807, 2.05) is 48.5 Å². The van der Waals surface area contributed by atoms with E-state index in [0.29, 0.717) is 38.7 Å². The summed E-state index contributed by atoms with van der Waals surface area (Å²) >= 11 is 18.1. The van der Waals surface area contributed by atoms with Crippen LogP contribution in [0.15, 0.2) is 96.1 Å². The maximum atomic E-state index is 12.7. The number of hydrogen-bond donors (Lipinski definition) is 1. The molecule has 0 bridgehead atoms. The van der Waals surface area contributed by atoms with E-state index in [-0.39, 0.29) is 6.61 Å². The van der Waals surface area contributed by atoms with Gasteiger partial charge in [-0.15, -0.1) is 0 Å². The van der Waals surface area contributed by atoms with Gasteiger partial charge in [-0.25, -0.2) is 5.43 Å². The molecule has 0 saturated carbocycles. The monoisotopic (exact) mass is 538 g/mol. The smallest absolute Gasteiger partial charge is 0.275 e. The zero-order valence-electron chi connectivity index (χ0n) is 19.0. The first-order valence-corrected chi connectivity index (χ1v) is 12.1. The molecule has 0 atom stereocenters. The Morgan fingerprint density at radius 3 is 2.39 bits per heavy atom. The molecule has 182 valence electrons. The molecule has 36 heavy (non-hydrogen) atoms. The Balaban J connectivity index is 1.35. The quantitative estimate of drug-likeness (QED) is 0.176. The number of carbonyl (C=O) groups excluding carboxylic acids is 1. The average molecular weight is 540 g/mol. The van der Waals surface area contributed by atoms with Crippen LogP contribution in [0.2, 0.25) is 15.1 Å². The molecule has 1 N–H and O–H groups in total. The number of hydrazone groups is 1. The van der Waals surface area contributed by atoms with Crippen molar-refractivity contribution in [3.63, 3.8) is 0 Å². The molecule has 0 heterocycles. The van der Waals surface area contributed by atoms with Crippen molar-refractivity contribution in [2.75, 3.05) is 0 Å². The third kappa shape index (κ3) is 7.25. The lowest BCUT2D eigenvalue weighted by Crippen LogP contribution is -2.18. The minimum atomic E-state index is -0.404. The Hall–Kier alpha value is -3.51. The third-order valence-electron chi connectivity index (χ3n) is 5.09. The van der Waals surface area contributed by atoms with Crippen LogP contribution < -0.4 is 14.9 Å². The van der Waals surface area contributed by atoms with Gasteiger partial charge in [-0.1, -0.05) is 77.3 Å². The second-order valence-corrected chi connectivity index (χ2v) is 8.99. The summed E-state index contributed by atoms with van der Waals surface area (Å²) in [6.45, 7) is 0.596. The second kappa shape index (κ2) is 12.5. The number of benzene rings is 4. The summed E-state index contributed by atoms with van der Waals surface area (Å²) in [6.07, 6.45) is 1.55. The van der Waals surface area contributed by atoms with E-state index in [9.17, 15) is 4.79 Å². The summed E-state index contributed by atoms with van der Waals surface area (Å²) in [6, 6.07) is 26.9. The van der Waals surface area contributed by atoms with E-state index in [1.165, 1.54) is 0 Å². The molecular formula is C28H21Cl3N2O3. The van der Waals surface area contributed by atoms with Crippen LogP contribution >= 0.6 is 34.8 Å². The molecule has 8 heteroatoms. The maximum absolute atomic E-state index is 12.7. The van der Waals surface area contributed by atoms with Gasteiger partial charge in [0, 0.05) is 20.6 Å². The van der Waals surface area contributed by atoms with Gasteiger partial charge in [0.05, 0.1) is 11.8 Å². The van der Waals surface area contributed by atoms with Gasteiger partial charge in [0.15, 0.2) is 0 Å². The van der Waals surface area contributed by atoms with E-state index < -0.39 is 5.91 Å². The molecular weight excluding hydrogens is 519 g/mol. The van der Waals surface area contributed by atoms with Crippen molar-refractivity contribution < 1.29 is 14.3 Å². The van der Waals surface area contributed by atoms with Crippen LogP contribution in [0.5, 0.6) is 11.5 Å². The fraction of sp³-hybridized carbons (Fsp3) is 0.0714. The van der Waals surface area contributed by atoms with Crippen LogP contribution in [-0.2, 0) is 13.2 Å². The largest absolute Gasteiger partial charge is 0.489 e. The van der Waals surface area contributed by atoms with Gasteiger partial charge in [0.25, 0.3) is 5.91 Å². The maximum Gasteiger partial charge on any atom is 0.275 e. The number of hydrogen-bond acceptors (Lipinski definition) is 4. The Morgan fingerprint density at radius 2 is 1.58 bits per heavy atom. The lowest BCUT2D eigenvalue weighted by Gasteiger charge is -2.11. The fourth-order valence-electron chi connectivity index (χ4n) is 3.23. The van der Waals surface area contributed by atoms with Crippen LogP contribution in [0.1, 0.15) is 27.0 Å². The molecule has 0 aliphatic heterocycles. The minimum absolute atomic E-state index is 0.187. The van der Waals surface area contributed by atoms with E-state index in [0.717, 1.165) is 16.7 Å². The van der Waals surface area contributed by atoms with E-state index in [2.05, 4.69) is 10.5 Å². The molecule has 0 spiro atoms. The zero-order chi connectivity index (χ0) is 25.3. The van der Waals surface area contributed by atoms with Crippen molar-refractivity contribution in [3.8, 4) is 11.5 Å². The van der Waals surface area contributed by atoms with E-state index in [4.69, 9.17) is 44.3 Å². The summed E-state index contributed by atoms with van der Waals surface area (Å²) in [7, 11) is 0. The summed E-state index contributed by atoms with van der Waals surface area (Å²) in [5.41, 5.74) is 5.42. The first kappa shape index (κ1) is 25.6. The van der Waals surface area contributed by atoms with Gasteiger partial charge < -0.3 is 9.47 Å². The molecule has 4 aromatic rings. The van der Waals surface area contributed by atoms with E-state index in [1.54, 1.807) is 48.7 Å². The summed E-state index contributed by atoms with van der Waals surface area (Å²) in [4.78, 5) is 12.7. The molecule has 0 aliphatic carbocycles. The Labute approximate surface area is 224 Å². The van der Waals surface area contributed by atoms with Gasteiger partial charge in [-0.2, -0.15) is 5.10 Å². The summed E-state index contributed by atoms with van der Waals surface area (Å²) in [5, 5.41) is 5.80. The molecule has 0 aliphatic rings. The molecule has 0 fully saturated rings. The number of nitrogens with one attached hydrogen (secondary N) is 1. The van der Waals surface area contributed by atoms with Crippen LogP contribution in [0.4, 0.5) is 0 Å². The van der Waals surface area contributed by atoms with Gasteiger partial charge in [0.1, 0.15) is 24.7 Å². The highest BCUT2D eigenvalue weighted by Crippen LogP contribution is 2.24. The highest BCUT2D eigenvalue weighted by Gasteiger charge is 2.12. The Bertz CT molecular complexity index is 1370. The fourth-order valence-corrected chi connectivity index (χ4v) is 3.82. The SMILES string of the molecule is O=C(N/N=C\c1cccc(OCc2ccc(Cl)cc2)c1)c1ccccc1OCc1ccc(Cl)cc1Cl. The number of ether oxygens (including phenoxy) is 2. The molecule has 0 saturated heterocycles. The van der Waals surface area contributed by atoms with Crippen molar-refractivity contribution in [3.05, 3.63) is 128 Å². The van der Waals surface area contributed by atoms with Crippen LogP contribution in [-0.4, -0.2) is 12.1 Å². The first-order chi connectivity index (χ1) is 17.5. The summed E-state index contributed by atoms with van der Waals surface area (Å²) < 4.78 is 11.7. The molecule has 1 amide bonds. The number of halogens is 3. The average Bonchev–Trinajstić information content (AvgIpc) is 2.88. The molecule has 0 aromatic heterocycles. The Morgan fingerprint density at radius 1 is 0.806 bits per heavy atom. The third-order valence-corrected chi connectivity index (χ3v) is 5.93. The van der Waals surface area contributed by atoms with Crippen molar-refractivity contribution in [1.82, 2.24) is 5.43 Å². The normalized spacial score (nSPS) is 10.9. The Kier molecular flexibility index (Phi) is 8.85. The van der Waals surface area contributed by atoms with Gasteiger partial charge >= 0.3 is 0 Å². The molecule has 4 aromatic carbocycles. The number of nitrogens with zero attached hydrogens (tertiary/aromatic N) is 1. The minimum Gasteiger partial charge on any atom is -0.489 e. The van der Waals surface area contributed by atoms with Gasteiger partial charge in [-0.3, -0.25) is 4.79 Å². The number of para-hydroxylation sites is 1. The van der Waals surface area contributed by atoms with Crippen LogP contribution in [0.3, 0.4) is 0 Å². The standard InChI is InChI=1S/C28H21Cl3N2O3/c29-22-11-8-19(9-12-22)17-35-24-5-3-4-20(14-24)16-32-33-28(34)25-6-1-2-7-27(25)36-18-21-10-13-23(30)15-26(21)31/h1-16H,17-18H2,(H,33,34)/b32-16-. The summed E-state index contributed by atoms with van der Waals surface area (Å²) in [5.74, 6) is 0.688. The zero-order valence-corrected chi connectivity index (χ0v) is 21.2. The van der Waals surface area contributed by atoms with Gasteiger partial charge in [0.2, 0.25) is 0 Å². The second-order valence-electron chi connectivity index (χ2n) is 7.71. The number of rotatable bonds is 9. The highest BCUT2D eigenvalue weighted by molar-refractivity contribution is 6.35. The number of amides is 1.